The van der Waals surface area contributed by atoms with Gasteiger partial charge in [0.25, 0.3) is 0 Å². The monoisotopic (exact) mass is 248 g/mol. The molecular formula is C14H13FOS. The maximum absolute atomic E-state index is 13.0. The van der Waals surface area contributed by atoms with E-state index in [4.69, 9.17) is 0 Å². The lowest BCUT2D eigenvalue weighted by molar-refractivity contribution is 0.0940. The fourth-order valence-electron chi connectivity index (χ4n) is 2.20. The number of hydrogen-bond donors (Lipinski definition) is 0. The zero-order valence-corrected chi connectivity index (χ0v) is 10.2. The summed E-state index contributed by atoms with van der Waals surface area (Å²) in [6, 6.07) is 6.57. The van der Waals surface area contributed by atoms with Gasteiger partial charge in [0.05, 0.1) is 4.88 Å². The van der Waals surface area contributed by atoms with Gasteiger partial charge in [-0.1, -0.05) is 25.3 Å². The van der Waals surface area contributed by atoms with E-state index in [9.17, 15) is 9.18 Å². The molecule has 0 saturated heterocycles. The third-order valence-corrected chi connectivity index (χ3v) is 4.59. The van der Waals surface area contributed by atoms with E-state index < -0.39 is 0 Å². The van der Waals surface area contributed by atoms with E-state index in [1.54, 1.807) is 6.07 Å². The summed E-state index contributed by atoms with van der Waals surface area (Å²) in [5, 5.41) is 0.966. The molecule has 0 N–H and O–H groups in total. The molecule has 17 heavy (non-hydrogen) atoms. The summed E-state index contributed by atoms with van der Waals surface area (Å²) in [5.41, 5.74) is 0. The normalized spacial score (nSPS) is 16.1. The molecule has 1 aromatic heterocycles. The molecule has 0 bridgehead atoms. The average Bonchev–Trinajstić information content (AvgIpc) is 2.65. The fraction of sp³-hybridized carbons (Fsp3) is 0.357. The molecule has 1 aliphatic carbocycles. The Morgan fingerprint density at radius 3 is 2.88 bits per heavy atom. The second-order valence-corrected chi connectivity index (χ2v) is 5.80. The Morgan fingerprint density at radius 1 is 1.35 bits per heavy atom. The molecule has 88 valence electrons. The van der Waals surface area contributed by atoms with Gasteiger partial charge in [0.1, 0.15) is 5.82 Å². The van der Waals surface area contributed by atoms with Gasteiger partial charge in [-0.25, -0.2) is 4.39 Å². The summed E-state index contributed by atoms with van der Waals surface area (Å²) in [4.78, 5) is 12.8. The highest BCUT2D eigenvalue weighted by Gasteiger charge is 2.22. The molecular weight excluding hydrogens is 235 g/mol. The van der Waals surface area contributed by atoms with Gasteiger partial charge in [-0.15, -0.1) is 11.3 Å². The smallest absolute Gasteiger partial charge is 0.173 e. The summed E-state index contributed by atoms with van der Waals surface area (Å²) >= 11 is 1.41. The number of hydrogen-bond acceptors (Lipinski definition) is 2. The van der Waals surface area contributed by atoms with Gasteiger partial charge in [0, 0.05) is 11.1 Å². The van der Waals surface area contributed by atoms with Crippen molar-refractivity contribution >= 4 is 27.2 Å². The van der Waals surface area contributed by atoms with Crippen LogP contribution in [0.25, 0.3) is 10.1 Å². The van der Waals surface area contributed by atoms with E-state index >= 15 is 0 Å². The van der Waals surface area contributed by atoms with Crippen molar-refractivity contribution in [2.75, 3.05) is 0 Å². The number of ketones is 1. The fourth-order valence-corrected chi connectivity index (χ4v) is 3.24. The molecule has 3 rings (SSSR count). The van der Waals surface area contributed by atoms with Gasteiger partial charge >= 0.3 is 0 Å². The first-order valence-corrected chi connectivity index (χ1v) is 6.76. The van der Waals surface area contributed by atoms with Crippen LogP contribution in [-0.4, -0.2) is 5.78 Å². The summed E-state index contributed by atoms with van der Waals surface area (Å²) < 4.78 is 13.9. The molecule has 1 aromatic carbocycles. The zero-order chi connectivity index (χ0) is 11.8. The summed E-state index contributed by atoms with van der Waals surface area (Å²) in [7, 11) is 0. The summed E-state index contributed by atoms with van der Waals surface area (Å²) in [6.45, 7) is 0. The summed E-state index contributed by atoms with van der Waals surface area (Å²) in [5.74, 6) is 0.568. The first-order valence-electron chi connectivity index (χ1n) is 5.95. The molecule has 0 atom stereocenters. The van der Waals surface area contributed by atoms with Crippen LogP contribution in [0.4, 0.5) is 4.39 Å². The van der Waals surface area contributed by atoms with Crippen molar-refractivity contribution < 1.29 is 9.18 Å². The highest BCUT2D eigenvalue weighted by Crippen LogP contribution is 2.33. The average molecular weight is 248 g/mol. The maximum Gasteiger partial charge on any atom is 0.173 e. The Hall–Kier alpha value is -1.22. The van der Waals surface area contributed by atoms with Crippen molar-refractivity contribution in [3.05, 3.63) is 35.0 Å². The van der Waals surface area contributed by atoms with Crippen molar-refractivity contribution in [3.63, 3.8) is 0 Å². The van der Waals surface area contributed by atoms with Gasteiger partial charge in [0.2, 0.25) is 0 Å². The van der Waals surface area contributed by atoms with Crippen LogP contribution in [0.15, 0.2) is 24.3 Å². The van der Waals surface area contributed by atoms with Crippen LogP contribution in [0.3, 0.4) is 0 Å². The molecule has 1 aliphatic rings. The molecule has 0 spiro atoms. The van der Waals surface area contributed by atoms with Crippen LogP contribution in [0.5, 0.6) is 0 Å². The van der Waals surface area contributed by atoms with E-state index in [1.807, 2.05) is 6.07 Å². The number of carbonyl (C=O) groups is 1. The van der Waals surface area contributed by atoms with Crippen molar-refractivity contribution in [1.29, 1.82) is 0 Å². The van der Waals surface area contributed by atoms with Crippen molar-refractivity contribution in [3.8, 4) is 0 Å². The Bertz CT molecular complexity index is 569. The number of benzene rings is 1. The Balaban J connectivity index is 1.86. The van der Waals surface area contributed by atoms with Crippen molar-refractivity contribution in [2.45, 2.75) is 25.7 Å². The summed E-state index contributed by atoms with van der Waals surface area (Å²) in [6.07, 6.45) is 4.29. The Morgan fingerprint density at radius 2 is 2.18 bits per heavy atom. The van der Waals surface area contributed by atoms with Crippen molar-refractivity contribution in [1.82, 2.24) is 0 Å². The van der Waals surface area contributed by atoms with Crippen LogP contribution < -0.4 is 0 Å². The molecule has 0 radical (unpaired) electrons. The SMILES string of the molecule is O=C(CC1CCC1)c1cc2ccc(F)cc2s1. The zero-order valence-electron chi connectivity index (χ0n) is 9.41. The second-order valence-electron chi connectivity index (χ2n) is 4.72. The highest BCUT2D eigenvalue weighted by molar-refractivity contribution is 7.20. The van der Waals surface area contributed by atoms with E-state index in [-0.39, 0.29) is 11.6 Å². The topological polar surface area (TPSA) is 17.1 Å². The number of rotatable bonds is 3. The quantitative estimate of drug-likeness (QED) is 0.735. The Kier molecular flexibility index (Phi) is 2.71. The van der Waals surface area contributed by atoms with Gasteiger partial charge < -0.3 is 0 Å². The molecule has 0 unspecified atom stereocenters. The van der Waals surface area contributed by atoms with Gasteiger partial charge in [-0.05, 0) is 29.5 Å². The molecule has 1 nitrogen and oxygen atoms in total. The van der Waals surface area contributed by atoms with Crippen LogP contribution >= 0.6 is 11.3 Å². The lowest BCUT2D eigenvalue weighted by atomic mass is 9.82. The van der Waals surface area contributed by atoms with Gasteiger partial charge in [-0.2, -0.15) is 0 Å². The standard InChI is InChI=1S/C14H13FOS/c15-11-5-4-10-7-14(17-13(10)8-11)12(16)6-9-2-1-3-9/h4-5,7-9H,1-3,6H2. The van der Waals surface area contributed by atoms with Crippen LogP contribution in [0.2, 0.25) is 0 Å². The highest BCUT2D eigenvalue weighted by atomic mass is 32.1. The first-order chi connectivity index (χ1) is 8.22. The number of carbonyl (C=O) groups excluding carboxylic acids is 1. The first kappa shape index (κ1) is 10.9. The lowest BCUT2D eigenvalue weighted by Gasteiger charge is -2.23. The van der Waals surface area contributed by atoms with Gasteiger partial charge in [0.15, 0.2) is 5.78 Å². The van der Waals surface area contributed by atoms with Crippen LogP contribution in [0.1, 0.15) is 35.4 Å². The van der Waals surface area contributed by atoms with E-state index in [1.165, 1.54) is 42.7 Å². The molecule has 2 aromatic rings. The lowest BCUT2D eigenvalue weighted by Crippen LogP contribution is -2.15. The van der Waals surface area contributed by atoms with Crippen LogP contribution in [-0.2, 0) is 0 Å². The third kappa shape index (κ3) is 2.12. The second kappa shape index (κ2) is 4.22. The third-order valence-electron chi connectivity index (χ3n) is 3.46. The predicted octanol–water partition coefficient (Wildman–Crippen LogP) is 4.41. The molecule has 0 amide bonds. The van der Waals surface area contributed by atoms with Crippen LogP contribution in [0, 0.1) is 11.7 Å². The maximum atomic E-state index is 13.0. The van der Waals surface area contributed by atoms with E-state index in [0.29, 0.717) is 12.3 Å². The van der Waals surface area contributed by atoms with E-state index in [0.717, 1.165) is 15.0 Å². The molecule has 3 heteroatoms. The minimum atomic E-state index is -0.239. The molecule has 1 fully saturated rings. The number of fused-ring (bicyclic) bond motifs is 1. The number of Topliss-reactive ketones (excluding diaryl/α,β-unsaturated/α-hetero) is 1. The molecule has 1 saturated carbocycles. The predicted molar refractivity (Wildman–Crippen MR) is 68.1 cm³/mol. The molecule has 1 heterocycles. The minimum Gasteiger partial charge on any atom is -0.293 e. The largest absolute Gasteiger partial charge is 0.293 e. The van der Waals surface area contributed by atoms with Gasteiger partial charge in [-0.3, -0.25) is 4.79 Å². The van der Waals surface area contributed by atoms with E-state index in [2.05, 4.69) is 0 Å². The number of thiophene rings is 1. The number of halogens is 1. The molecule has 0 aliphatic heterocycles. The Labute approximate surface area is 103 Å². The van der Waals surface area contributed by atoms with Crippen molar-refractivity contribution in [2.24, 2.45) is 5.92 Å². The minimum absolute atomic E-state index is 0.219.